The van der Waals surface area contributed by atoms with Crippen LogP contribution in [0.3, 0.4) is 0 Å². The van der Waals surface area contributed by atoms with Gasteiger partial charge < -0.3 is 24.7 Å². The van der Waals surface area contributed by atoms with Gasteiger partial charge in [-0.05, 0) is 0 Å². The summed E-state index contributed by atoms with van der Waals surface area (Å²) >= 11 is 0. The van der Waals surface area contributed by atoms with Gasteiger partial charge in [0.05, 0.1) is 18.8 Å². The molecule has 11 nitrogen and oxygen atoms in total. The van der Waals surface area contributed by atoms with E-state index < -0.39 is 38.2 Å². The van der Waals surface area contributed by atoms with Gasteiger partial charge in [0.25, 0.3) is 5.56 Å². The van der Waals surface area contributed by atoms with Gasteiger partial charge in [0.1, 0.15) is 12.3 Å². The highest BCUT2D eigenvalue weighted by Gasteiger charge is 2.34. The lowest BCUT2D eigenvalue weighted by molar-refractivity contribution is -0.0459. The molecule has 1 fully saturated rings. The zero-order chi connectivity index (χ0) is 18.1. The molecule has 0 saturated carbocycles. The van der Waals surface area contributed by atoms with E-state index in [1.165, 1.54) is 16.8 Å². The summed E-state index contributed by atoms with van der Waals surface area (Å²) in [5.41, 5.74) is -1.08. The molecule has 1 aromatic heterocycles. The smallest absolute Gasteiger partial charge is 0.330 e. The summed E-state index contributed by atoms with van der Waals surface area (Å²) < 4.78 is 6.45. The summed E-state index contributed by atoms with van der Waals surface area (Å²) in [6, 6.07) is 3.05. The number of H-pyrrole nitrogens is 1. The molecule has 134 valence electrons. The molecule has 0 bridgehead atoms. The fraction of sp³-hybridized carbons (Fsp3) is 0.583. The lowest BCUT2D eigenvalue weighted by Gasteiger charge is -2.13. The van der Waals surface area contributed by atoms with Gasteiger partial charge >= 0.3 is 5.69 Å². The molecule has 1 saturated heterocycles. The van der Waals surface area contributed by atoms with Crippen LogP contribution in [0.2, 0.25) is 0 Å². The third kappa shape index (κ3) is 6.46. The second-order valence-corrected chi connectivity index (χ2v) is 5.63. The van der Waals surface area contributed by atoms with Crippen LogP contribution in [0.5, 0.6) is 0 Å². The fourth-order valence-corrected chi connectivity index (χ4v) is 2.23. The van der Waals surface area contributed by atoms with E-state index in [0.717, 1.165) is 0 Å². The van der Waals surface area contributed by atoms with E-state index in [9.17, 15) is 14.7 Å². The molecule has 12 heteroatoms. The molecular formula is C12H19N4O7P. The number of aliphatic hydroxyl groups excluding tert-OH is 2. The molecule has 0 radical (unpaired) electrons. The molecule has 1 aliphatic rings. The summed E-state index contributed by atoms with van der Waals surface area (Å²) in [4.78, 5) is 40.7. The van der Waals surface area contributed by atoms with Crippen molar-refractivity contribution in [2.45, 2.75) is 31.3 Å². The summed E-state index contributed by atoms with van der Waals surface area (Å²) in [5, 5.41) is 28.6. The second-order valence-electron chi connectivity index (χ2n) is 4.74. The first-order valence-corrected chi connectivity index (χ1v) is 8.18. The first-order chi connectivity index (χ1) is 11.4. The molecule has 6 N–H and O–H groups in total. The predicted octanol–water partition coefficient (Wildman–Crippen LogP) is -2.12. The number of nitrogens with zero attached hydrogens (tertiary/aromatic N) is 2. The highest BCUT2D eigenvalue weighted by Crippen LogP contribution is 2.26. The maximum atomic E-state index is 11.4. The first-order valence-electron chi connectivity index (χ1n) is 6.93. The summed E-state index contributed by atoms with van der Waals surface area (Å²) in [5.74, 6) is 0. The van der Waals surface area contributed by atoms with Crippen molar-refractivity contribution in [3.8, 4) is 6.07 Å². The Bertz CT molecular complexity index is 656. The molecule has 0 aliphatic carbocycles. The maximum absolute atomic E-state index is 11.4. The number of aromatic amines is 1. The lowest BCUT2D eigenvalue weighted by atomic mass is 10.2. The molecule has 1 aliphatic heterocycles. The van der Waals surface area contributed by atoms with Gasteiger partial charge in [-0.2, -0.15) is 5.26 Å². The van der Waals surface area contributed by atoms with E-state index in [-0.39, 0.29) is 13.0 Å². The predicted molar refractivity (Wildman–Crippen MR) is 82.5 cm³/mol. The maximum Gasteiger partial charge on any atom is 0.330 e. The van der Waals surface area contributed by atoms with Crippen molar-refractivity contribution < 1.29 is 24.7 Å². The number of hydrogen-bond acceptors (Lipinski definition) is 9. The normalized spacial score (nSPS) is 22.8. The molecule has 0 unspecified atom stereocenters. The van der Waals surface area contributed by atoms with Gasteiger partial charge in [-0.25, -0.2) is 9.88 Å². The average molecular weight is 362 g/mol. The highest BCUT2D eigenvalue weighted by molar-refractivity contribution is 7.42. The third-order valence-electron chi connectivity index (χ3n) is 3.04. The zero-order valence-corrected chi connectivity index (χ0v) is 13.5. The third-order valence-corrected chi connectivity index (χ3v) is 3.54. The van der Waals surface area contributed by atoms with Gasteiger partial charge in [0.2, 0.25) is 8.53 Å². The van der Waals surface area contributed by atoms with E-state index in [1.54, 1.807) is 0 Å². The molecule has 0 aromatic carbocycles. The minimum absolute atomic E-state index is 0.206. The van der Waals surface area contributed by atoms with Crippen molar-refractivity contribution in [3.63, 3.8) is 0 Å². The van der Waals surface area contributed by atoms with Crippen molar-refractivity contribution >= 4 is 8.53 Å². The van der Waals surface area contributed by atoms with E-state index in [1.807, 2.05) is 6.07 Å². The number of aliphatic hydroxyl groups is 2. The van der Waals surface area contributed by atoms with Crippen LogP contribution in [0.15, 0.2) is 21.9 Å². The Morgan fingerprint density at radius 1 is 1.50 bits per heavy atom. The van der Waals surface area contributed by atoms with E-state index >= 15 is 0 Å². The van der Waals surface area contributed by atoms with Crippen LogP contribution in [0.1, 0.15) is 19.1 Å². The molecule has 24 heavy (non-hydrogen) atoms. The van der Waals surface area contributed by atoms with Crippen molar-refractivity contribution in [2.24, 2.45) is 0 Å². The average Bonchev–Trinajstić information content (AvgIpc) is 2.88. The van der Waals surface area contributed by atoms with Gasteiger partial charge in [0, 0.05) is 31.6 Å². The minimum Gasteiger partial charge on any atom is -0.394 e. The SMILES string of the molecule is N#CCCNP(O)O.O=c1ccn([C@H]2C[C@H](O)[C@@H](CO)O2)c(=O)[nH]1. The van der Waals surface area contributed by atoms with Crippen LogP contribution in [0.25, 0.3) is 0 Å². The largest absolute Gasteiger partial charge is 0.394 e. The first kappa shape index (κ1) is 20.4. The van der Waals surface area contributed by atoms with Gasteiger partial charge in [-0.3, -0.25) is 14.3 Å². The van der Waals surface area contributed by atoms with Crippen LogP contribution in [-0.4, -0.2) is 54.9 Å². The Kier molecular flexibility index (Phi) is 8.73. The molecular weight excluding hydrogens is 343 g/mol. The second kappa shape index (κ2) is 10.3. The Morgan fingerprint density at radius 2 is 2.21 bits per heavy atom. The summed E-state index contributed by atoms with van der Waals surface area (Å²) in [7, 11) is -2.01. The summed E-state index contributed by atoms with van der Waals surface area (Å²) in [6.45, 7) is 0.0327. The molecule has 3 atom stereocenters. The van der Waals surface area contributed by atoms with Crippen LogP contribution in [0.4, 0.5) is 0 Å². The highest BCUT2D eigenvalue weighted by atomic mass is 31.2. The van der Waals surface area contributed by atoms with E-state index in [2.05, 4.69) is 10.1 Å². The molecule has 0 amide bonds. The van der Waals surface area contributed by atoms with Crippen molar-refractivity contribution in [2.75, 3.05) is 13.2 Å². The molecule has 2 heterocycles. The number of nitriles is 1. The van der Waals surface area contributed by atoms with Crippen molar-refractivity contribution in [1.29, 1.82) is 5.26 Å². The minimum atomic E-state index is -2.01. The number of aromatic nitrogens is 2. The zero-order valence-electron chi connectivity index (χ0n) is 12.6. The van der Waals surface area contributed by atoms with E-state index in [4.69, 9.17) is 24.9 Å². The van der Waals surface area contributed by atoms with Crippen LogP contribution in [0, 0.1) is 11.3 Å². The number of nitrogens with one attached hydrogen (secondary N) is 2. The van der Waals surface area contributed by atoms with Crippen LogP contribution in [-0.2, 0) is 4.74 Å². The topological polar surface area (TPSA) is 181 Å². The Balaban J connectivity index is 0.000000307. The van der Waals surface area contributed by atoms with Crippen molar-refractivity contribution in [3.05, 3.63) is 33.1 Å². The summed E-state index contributed by atoms with van der Waals surface area (Å²) in [6.07, 6.45) is -0.343. The quantitative estimate of drug-likeness (QED) is 0.252. The Morgan fingerprint density at radius 3 is 2.71 bits per heavy atom. The van der Waals surface area contributed by atoms with Gasteiger partial charge in [-0.15, -0.1) is 0 Å². The number of rotatable bonds is 5. The van der Waals surface area contributed by atoms with Crippen LogP contribution < -0.4 is 16.3 Å². The molecule has 0 spiro atoms. The number of hydrogen-bond donors (Lipinski definition) is 6. The fourth-order valence-electron chi connectivity index (χ4n) is 1.92. The van der Waals surface area contributed by atoms with Gasteiger partial charge in [-0.1, -0.05) is 0 Å². The molecule has 2 rings (SSSR count). The van der Waals surface area contributed by atoms with Crippen LogP contribution >= 0.6 is 8.53 Å². The van der Waals surface area contributed by atoms with E-state index in [0.29, 0.717) is 13.0 Å². The number of ether oxygens (including phenoxy) is 1. The Hall–Kier alpha value is -1.64. The Labute approximate surface area is 137 Å². The standard InChI is InChI=1S/C9H12N2O5.C3H7N2O2P/c12-4-6-5(13)3-8(16-6)11-2-1-7(14)10-9(11)15;4-2-1-3-5-8(6)7/h1-2,5-6,8,12-13H,3-4H2,(H,10,14,15);5-7H,1,3H2/t5-,6+,8+;/m0./s1. The van der Waals surface area contributed by atoms with Gasteiger partial charge in [0.15, 0.2) is 0 Å². The lowest BCUT2D eigenvalue weighted by Crippen LogP contribution is -2.31. The monoisotopic (exact) mass is 362 g/mol. The van der Waals surface area contributed by atoms with Crippen molar-refractivity contribution in [1.82, 2.24) is 14.6 Å². The molecule has 1 aromatic rings.